The second kappa shape index (κ2) is 7.35. The molecule has 128 valence electrons. The van der Waals surface area contributed by atoms with Crippen LogP contribution in [0.15, 0.2) is 18.2 Å². The van der Waals surface area contributed by atoms with Gasteiger partial charge in [0.05, 0.1) is 5.75 Å². The number of aliphatic carboxylic acids is 1. The van der Waals surface area contributed by atoms with Gasteiger partial charge in [-0.2, -0.15) is 0 Å². The zero-order valence-corrected chi connectivity index (χ0v) is 13.4. The second-order valence-corrected chi connectivity index (χ2v) is 7.93. The van der Waals surface area contributed by atoms with Crippen molar-refractivity contribution >= 4 is 15.8 Å². The van der Waals surface area contributed by atoms with E-state index in [0.717, 1.165) is 6.07 Å². The summed E-state index contributed by atoms with van der Waals surface area (Å²) < 4.78 is 50.2. The molecule has 1 heterocycles. The summed E-state index contributed by atoms with van der Waals surface area (Å²) in [5.74, 6) is -4.18. The minimum atomic E-state index is -3.61. The molecule has 2 rings (SSSR count). The van der Waals surface area contributed by atoms with Crippen molar-refractivity contribution in [3.05, 3.63) is 35.4 Å². The zero-order valence-electron chi connectivity index (χ0n) is 12.5. The lowest BCUT2D eigenvalue weighted by Gasteiger charge is -2.32. The summed E-state index contributed by atoms with van der Waals surface area (Å²) in [5.41, 5.74) is 0.364. The molecule has 8 heteroatoms. The number of benzene rings is 1. The lowest BCUT2D eigenvalue weighted by atomic mass is 9.89. The van der Waals surface area contributed by atoms with Crippen LogP contribution in [0.5, 0.6) is 0 Å². The van der Waals surface area contributed by atoms with Crippen molar-refractivity contribution in [1.29, 1.82) is 0 Å². The van der Waals surface area contributed by atoms with E-state index in [1.54, 1.807) is 6.07 Å². The van der Waals surface area contributed by atoms with Gasteiger partial charge in [-0.15, -0.1) is 0 Å². The van der Waals surface area contributed by atoms with Crippen LogP contribution < -0.4 is 0 Å². The first-order valence-corrected chi connectivity index (χ1v) is 9.19. The molecule has 0 aliphatic carbocycles. The first kappa shape index (κ1) is 17.8. The first-order valence-electron chi connectivity index (χ1n) is 7.37. The van der Waals surface area contributed by atoms with Crippen LogP contribution in [0.1, 0.15) is 24.3 Å². The quantitative estimate of drug-likeness (QED) is 0.847. The lowest BCUT2D eigenvalue weighted by molar-refractivity contribution is -0.134. The maximum Gasteiger partial charge on any atom is 0.318 e. The molecule has 0 atom stereocenters. The van der Waals surface area contributed by atoms with Gasteiger partial charge < -0.3 is 10.0 Å². The summed E-state index contributed by atoms with van der Waals surface area (Å²) in [6.45, 7) is 1.40. The molecule has 1 aliphatic rings. The van der Waals surface area contributed by atoms with Gasteiger partial charge in [-0.05, 0) is 43.5 Å². The van der Waals surface area contributed by atoms with E-state index in [9.17, 15) is 22.0 Å². The Bertz CT molecular complexity index is 670. The van der Waals surface area contributed by atoms with Crippen molar-refractivity contribution in [1.82, 2.24) is 4.90 Å². The van der Waals surface area contributed by atoms with Crippen molar-refractivity contribution in [2.75, 3.05) is 31.1 Å². The minimum Gasteiger partial charge on any atom is -0.480 e. The Morgan fingerprint density at radius 2 is 1.91 bits per heavy atom. The number of sulfone groups is 1. The second-order valence-electron chi connectivity index (χ2n) is 5.74. The van der Waals surface area contributed by atoms with Crippen molar-refractivity contribution in [2.45, 2.75) is 18.8 Å². The van der Waals surface area contributed by atoms with Crippen molar-refractivity contribution in [3.8, 4) is 0 Å². The fourth-order valence-electron chi connectivity index (χ4n) is 2.83. The SMILES string of the molecule is O=C(O)CS(=O)(=O)CCN1CCC(c2cccc(F)c2F)CC1. The summed E-state index contributed by atoms with van der Waals surface area (Å²) in [6.07, 6.45) is 1.22. The van der Waals surface area contributed by atoms with Gasteiger partial charge in [-0.3, -0.25) is 4.79 Å². The van der Waals surface area contributed by atoms with E-state index in [-0.39, 0.29) is 18.2 Å². The molecule has 1 aliphatic heterocycles. The van der Waals surface area contributed by atoms with Crippen molar-refractivity contribution < 1.29 is 27.1 Å². The van der Waals surface area contributed by atoms with E-state index in [0.29, 0.717) is 31.5 Å². The normalized spacial score (nSPS) is 17.3. The minimum absolute atomic E-state index is 0.0856. The highest BCUT2D eigenvalue weighted by Crippen LogP contribution is 2.30. The van der Waals surface area contributed by atoms with Crippen LogP contribution >= 0.6 is 0 Å². The van der Waals surface area contributed by atoms with Gasteiger partial charge in [0, 0.05) is 6.54 Å². The number of carboxylic acid groups (broad SMARTS) is 1. The summed E-state index contributed by atoms with van der Waals surface area (Å²) in [4.78, 5) is 12.4. The van der Waals surface area contributed by atoms with Gasteiger partial charge in [0.15, 0.2) is 21.5 Å². The third-order valence-electron chi connectivity index (χ3n) is 4.07. The van der Waals surface area contributed by atoms with Crippen LogP contribution in [0.2, 0.25) is 0 Å². The largest absolute Gasteiger partial charge is 0.480 e. The van der Waals surface area contributed by atoms with Gasteiger partial charge in [0.2, 0.25) is 0 Å². The molecule has 0 radical (unpaired) electrons. The third-order valence-corrected chi connectivity index (χ3v) is 5.56. The Kier molecular flexibility index (Phi) is 5.69. The maximum absolute atomic E-state index is 13.8. The summed E-state index contributed by atoms with van der Waals surface area (Å²) >= 11 is 0. The number of carbonyl (C=O) groups is 1. The molecule has 0 aromatic heterocycles. The van der Waals surface area contributed by atoms with E-state index in [1.165, 1.54) is 6.07 Å². The number of piperidine rings is 1. The maximum atomic E-state index is 13.8. The number of hydrogen-bond acceptors (Lipinski definition) is 4. The van der Waals surface area contributed by atoms with E-state index < -0.39 is 33.2 Å². The molecule has 5 nitrogen and oxygen atoms in total. The van der Waals surface area contributed by atoms with Gasteiger partial charge >= 0.3 is 5.97 Å². The van der Waals surface area contributed by atoms with Gasteiger partial charge in [0.25, 0.3) is 0 Å². The predicted molar refractivity (Wildman–Crippen MR) is 81.1 cm³/mol. The number of nitrogens with zero attached hydrogens (tertiary/aromatic N) is 1. The molecule has 1 aromatic carbocycles. The Labute approximate surface area is 133 Å². The summed E-state index contributed by atoms with van der Waals surface area (Å²) in [5, 5.41) is 8.54. The molecule has 23 heavy (non-hydrogen) atoms. The molecule has 1 saturated heterocycles. The molecule has 1 aromatic rings. The third kappa shape index (κ3) is 4.97. The number of hydrogen-bond donors (Lipinski definition) is 1. The number of rotatable bonds is 6. The van der Waals surface area contributed by atoms with Crippen LogP contribution in [0.4, 0.5) is 8.78 Å². The van der Waals surface area contributed by atoms with Crippen LogP contribution in [-0.4, -0.2) is 55.5 Å². The Morgan fingerprint density at radius 1 is 1.26 bits per heavy atom. The Hall–Kier alpha value is -1.54. The first-order chi connectivity index (χ1) is 10.8. The smallest absolute Gasteiger partial charge is 0.318 e. The number of halogens is 2. The molecule has 0 amide bonds. The van der Waals surface area contributed by atoms with Gasteiger partial charge in [-0.25, -0.2) is 17.2 Å². The highest BCUT2D eigenvalue weighted by Gasteiger charge is 2.25. The zero-order chi connectivity index (χ0) is 17.0. The van der Waals surface area contributed by atoms with Gasteiger partial charge in [0.1, 0.15) is 5.75 Å². The topological polar surface area (TPSA) is 74.7 Å². The summed E-state index contributed by atoms with van der Waals surface area (Å²) in [6, 6.07) is 4.15. The molecule has 1 N–H and O–H groups in total. The van der Waals surface area contributed by atoms with E-state index in [1.807, 2.05) is 4.90 Å². The highest BCUT2D eigenvalue weighted by molar-refractivity contribution is 7.92. The van der Waals surface area contributed by atoms with Crippen LogP contribution in [-0.2, 0) is 14.6 Å². The van der Waals surface area contributed by atoms with E-state index >= 15 is 0 Å². The Balaban J connectivity index is 1.87. The molecule has 0 saturated carbocycles. The van der Waals surface area contributed by atoms with E-state index in [4.69, 9.17) is 5.11 Å². The molecular formula is C15H19F2NO4S. The fraction of sp³-hybridized carbons (Fsp3) is 0.533. The molecule has 0 bridgehead atoms. The fourth-order valence-corrected chi connectivity index (χ4v) is 3.89. The van der Waals surface area contributed by atoms with Crippen LogP contribution in [0, 0.1) is 11.6 Å². The van der Waals surface area contributed by atoms with Crippen LogP contribution in [0.25, 0.3) is 0 Å². The van der Waals surface area contributed by atoms with Crippen molar-refractivity contribution in [3.63, 3.8) is 0 Å². The van der Waals surface area contributed by atoms with Gasteiger partial charge in [-0.1, -0.05) is 12.1 Å². The van der Waals surface area contributed by atoms with E-state index in [2.05, 4.69) is 0 Å². The monoisotopic (exact) mass is 347 g/mol. The molecule has 0 spiro atoms. The number of carboxylic acids is 1. The standard InChI is InChI=1S/C15H19F2NO4S/c16-13-3-1-2-12(15(13)17)11-4-6-18(7-5-11)8-9-23(21,22)10-14(19)20/h1-3,11H,4-10H2,(H,19,20). The molecule has 0 unspecified atom stereocenters. The number of likely N-dealkylation sites (tertiary alicyclic amines) is 1. The lowest BCUT2D eigenvalue weighted by Crippen LogP contribution is -2.37. The molecule has 1 fully saturated rings. The van der Waals surface area contributed by atoms with Crippen LogP contribution in [0.3, 0.4) is 0 Å². The van der Waals surface area contributed by atoms with Crippen molar-refractivity contribution in [2.24, 2.45) is 0 Å². The molecular weight excluding hydrogens is 328 g/mol. The Morgan fingerprint density at radius 3 is 2.52 bits per heavy atom. The highest BCUT2D eigenvalue weighted by atomic mass is 32.2. The summed E-state index contributed by atoms with van der Waals surface area (Å²) in [7, 11) is -3.61. The average molecular weight is 347 g/mol. The predicted octanol–water partition coefficient (Wildman–Crippen LogP) is 1.64. The average Bonchev–Trinajstić information content (AvgIpc) is 2.47.